The van der Waals surface area contributed by atoms with Crippen molar-refractivity contribution in [1.29, 1.82) is 0 Å². The van der Waals surface area contributed by atoms with Gasteiger partial charge in [0.25, 0.3) is 0 Å². The van der Waals surface area contributed by atoms with Gasteiger partial charge in [-0.2, -0.15) is 11.8 Å². The lowest BCUT2D eigenvalue weighted by atomic mass is 9.93. The van der Waals surface area contributed by atoms with Crippen molar-refractivity contribution in [1.82, 2.24) is 5.32 Å². The summed E-state index contributed by atoms with van der Waals surface area (Å²) in [6.07, 6.45) is 7.36. The van der Waals surface area contributed by atoms with Crippen molar-refractivity contribution in [3.05, 3.63) is 0 Å². The zero-order valence-corrected chi connectivity index (χ0v) is 9.91. The van der Waals surface area contributed by atoms with Crippen molar-refractivity contribution in [2.75, 3.05) is 12.3 Å². The maximum Gasteiger partial charge on any atom is 0.00784 e. The minimum absolute atomic E-state index is 0.769. The zero-order chi connectivity index (χ0) is 9.60. The van der Waals surface area contributed by atoms with Gasteiger partial charge in [0, 0.05) is 11.3 Å². The second-order valence-corrected chi connectivity index (χ2v) is 6.88. The largest absolute Gasteiger partial charge is 0.314 e. The zero-order valence-electron chi connectivity index (χ0n) is 9.09. The first kappa shape index (κ1) is 9.53. The van der Waals surface area contributed by atoms with Crippen molar-refractivity contribution in [2.45, 2.75) is 50.3 Å². The first-order valence-corrected chi connectivity index (χ1v) is 7.21. The van der Waals surface area contributed by atoms with Crippen LogP contribution in [0.5, 0.6) is 0 Å². The Bertz CT molecular complexity index is 226. The molecule has 3 atom stereocenters. The summed E-state index contributed by atoms with van der Waals surface area (Å²) < 4.78 is 0. The molecule has 3 aliphatic rings. The maximum atomic E-state index is 3.70. The second-order valence-electron chi connectivity index (χ2n) is 5.43. The van der Waals surface area contributed by atoms with E-state index < -0.39 is 0 Å². The average Bonchev–Trinajstić information content (AvgIpc) is 3.05. The van der Waals surface area contributed by atoms with Crippen LogP contribution >= 0.6 is 11.8 Å². The summed E-state index contributed by atoms with van der Waals surface area (Å²) in [5.41, 5.74) is 0.769. The lowest BCUT2D eigenvalue weighted by molar-refractivity contribution is 0.389. The molecule has 0 bridgehead atoms. The highest BCUT2D eigenvalue weighted by Gasteiger charge is 2.57. The lowest BCUT2D eigenvalue weighted by Gasteiger charge is -2.29. The molecule has 1 nitrogen and oxygen atoms in total. The molecule has 1 saturated heterocycles. The molecule has 1 N–H and O–H groups in total. The Kier molecular flexibility index (Phi) is 2.32. The molecule has 80 valence electrons. The van der Waals surface area contributed by atoms with Crippen LogP contribution in [0.4, 0.5) is 0 Å². The summed E-state index contributed by atoms with van der Waals surface area (Å²) in [6, 6.07) is 0.902. The highest BCUT2D eigenvalue weighted by molar-refractivity contribution is 7.99. The maximum absolute atomic E-state index is 3.70. The SMILES string of the molecule is CC1SCCCC12CC2CNC1CC1. The Morgan fingerprint density at radius 1 is 1.43 bits per heavy atom. The van der Waals surface area contributed by atoms with Crippen LogP contribution in [0.25, 0.3) is 0 Å². The Morgan fingerprint density at radius 3 is 3.00 bits per heavy atom. The molecule has 1 aliphatic heterocycles. The summed E-state index contributed by atoms with van der Waals surface area (Å²) in [7, 11) is 0. The minimum atomic E-state index is 0.769. The van der Waals surface area contributed by atoms with Gasteiger partial charge in [0.2, 0.25) is 0 Å². The van der Waals surface area contributed by atoms with Gasteiger partial charge in [0.05, 0.1) is 0 Å². The molecule has 3 fully saturated rings. The fourth-order valence-corrected chi connectivity index (χ4v) is 4.51. The smallest absolute Gasteiger partial charge is 0.00784 e. The molecule has 1 heterocycles. The lowest BCUT2D eigenvalue weighted by Crippen LogP contribution is -2.28. The van der Waals surface area contributed by atoms with Gasteiger partial charge in [-0.15, -0.1) is 0 Å². The van der Waals surface area contributed by atoms with Crippen molar-refractivity contribution in [3.8, 4) is 0 Å². The summed E-state index contributed by atoms with van der Waals surface area (Å²) >= 11 is 2.21. The fourth-order valence-electron chi connectivity index (χ4n) is 3.11. The third-order valence-electron chi connectivity index (χ3n) is 4.47. The van der Waals surface area contributed by atoms with Crippen LogP contribution in [0.2, 0.25) is 0 Å². The molecule has 3 unspecified atom stereocenters. The van der Waals surface area contributed by atoms with E-state index in [0.29, 0.717) is 0 Å². The van der Waals surface area contributed by atoms with Gasteiger partial charge >= 0.3 is 0 Å². The topological polar surface area (TPSA) is 12.0 Å². The number of thioether (sulfide) groups is 1. The normalized spacial score (nSPS) is 46.9. The Morgan fingerprint density at radius 2 is 2.29 bits per heavy atom. The van der Waals surface area contributed by atoms with E-state index in [1.807, 2.05) is 0 Å². The summed E-state index contributed by atoms with van der Waals surface area (Å²) in [4.78, 5) is 0. The Labute approximate surface area is 91.4 Å². The molecule has 2 aliphatic carbocycles. The van der Waals surface area contributed by atoms with E-state index in [-0.39, 0.29) is 0 Å². The molecule has 14 heavy (non-hydrogen) atoms. The standard InChI is InChI=1S/C12H21NS/c1-9-12(5-2-6-14-9)7-10(12)8-13-11-3-4-11/h9-11,13H,2-8H2,1H3. The van der Waals surface area contributed by atoms with E-state index in [1.165, 1.54) is 44.4 Å². The molecular weight excluding hydrogens is 190 g/mol. The van der Waals surface area contributed by atoms with Crippen LogP contribution in [0.15, 0.2) is 0 Å². The third kappa shape index (κ3) is 1.61. The molecule has 0 amide bonds. The monoisotopic (exact) mass is 211 g/mol. The van der Waals surface area contributed by atoms with E-state index in [0.717, 1.165) is 22.6 Å². The molecule has 2 heteroatoms. The predicted molar refractivity (Wildman–Crippen MR) is 62.7 cm³/mol. The summed E-state index contributed by atoms with van der Waals surface area (Å²) in [6.45, 7) is 3.77. The molecule has 0 aromatic rings. The molecule has 0 aromatic carbocycles. The molecule has 0 radical (unpaired) electrons. The van der Waals surface area contributed by atoms with Crippen molar-refractivity contribution < 1.29 is 0 Å². The van der Waals surface area contributed by atoms with Crippen LogP contribution < -0.4 is 5.32 Å². The highest BCUT2D eigenvalue weighted by atomic mass is 32.2. The average molecular weight is 211 g/mol. The van der Waals surface area contributed by atoms with Gasteiger partial charge in [-0.05, 0) is 55.7 Å². The van der Waals surface area contributed by atoms with Crippen LogP contribution in [0.3, 0.4) is 0 Å². The fraction of sp³-hybridized carbons (Fsp3) is 1.00. The van der Waals surface area contributed by atoms with Gasteiger partial charge in [0.1, 0.15) is 0 Å². The van der Waals surface area contributed by atoms with E-state index in [4.69, 9.17) is 0 Å². The van der Waals surface area contributed by atoms with E-state index in [2.05, 4.69) is 24.0 Å². The molecule has 3 rings (SSSR count). The summed E-state index contributed by atoms with van der Waals surface area (Å²) in [5, 5.41) is 4.63. The van der Waals surface area contributed by atoms with Crippen molar-refractivity contribution >= 4 is 11.8 Å². The predicted octanol–water partition coefficient (Wildman–Crippen LogP) is 2.66. The van der Waals surface area contributed by atoms with Crippen LogP contribution in [0.1, 0.15) is 39.0 Å². The molecule has 2 saturated carbocycles. The first-order chi connectivity index (χ1) is 6.81. The van der Waals surface area contributed by atoms with E-state index in [1.54, 1.807) is 0 Å². The molecule has 0 aromatic heterocycles. The van der Waals surface area contributed by atoms with Crippen molar-refractivity contribution in [2.24, 2.45) is 11.3 Å². The van der Waals surface area contributed by atoms with Crippen molar-refractivity contribution in [3.63, 3.8) is 0 Å². The summed E-state index contributed by atoms with van der Waals surface area (Å²) in [5.74, 6) is 2.43. The second kappa shape index (κ2) is 3.41. The highest BCUT2D eigenvalue weighted by Crippen LogP contribution is 2.63. The van der Waals surface area contributed by atoms with Crippen LogP contribution in [-0.4, -0.2) is 23.6 Å². The number of hydrogen-bond donors (Lipinski definition) is 1. The van der Waals surface area contributed by atoms with Gasteiger partial charge in [-0.25, -0.2) is 0 Å². The molecule has 1 spiro atoms. The van der Waals surface area contributed by atoms with Gasteiger partial charge in [-0.1, -0.05) is 6.92 Å². The van der Waals surface area contributed by atoms with Gasteiger partial charge in [0.15, 0.2) is 0 Å². The van der Waals surface area contributed by atoms with Gasteiger partial charge in [-0.3, -0.25) is 0 Å². The van der Waals surface area contributed by atoms with Crippen LogP contribution in [0, 0.1) is 11.3 Å². The molecular formula is C12H21NS. The minimum Gasteiger partial charge on any atom is -0.314 e. The third-order valence-corrected chi connectivity index (χ3v) is 5.97. The quantitative estimate of drug-likeness (QED) is 0.770. The number of nitrogens with one attached hydrogen (secondary N) is 1. The Balaban J connectivity index is 1.52. The van der Waals surface area contributed by atoms with Crippen LogP contribution in [-0.2, 0) is 0 Å². The van der Waals surface area contributed by atoms with E-state index in [9.17, 15) is 0 Å². The number of rotatable bonds is 3. The first-order valence-electron chi connectivity index (χ1n) is 6.16. The van der Waals surface area contributed by atoms with Gasteiger partial charge < -0.3 is 5.32 Å². The Hall–Kier alpha value is 0.310. The number of hydrogen-bond acceptors (Lipinski definition) is 2. The van der Waals surface area contributed by atoms with E-state index >= 15 is 0 Å².